The number of aromatic amines is 1. The highest BCUT2D eigenvalue weighted by atomic mass is 19.4. The van der Waals surface area contributed by atoms with Crippen LogP contribution in [-0.2, 0) is 12.7 Å². The number of benzene rings is 1. The minimum Gasteiger partial charge on any atom is -0.306 e. The van der Waals surface area contributed by atoms with E-state index in [1.165, 1.54) is 12.1 Å². The van der Waals surface area contributed by atoms with Crippen molar-refractivity contribution < 1.29 is 13.2 Å². The fourth-order valence-electron chi connectivity index (χ4n) is 1.99. The van der Waals surface area contributed by atoms with E-state index in [0.29, 0.717) is 0 Å². The quantitative estimate of drug-likeness (QED) is 0.883. The molecule has 0 saturated heterocycles. The summed E-state index contributed by atoms with van der Waals surface area (Å²) in [7, 11) is 0. The maximum atomic E-state index is 12.9. The maximum Gasteiger partial charge on any atom is 0.418 e. The van der Waals surface area contributed by atoms with Gasteiger partial charge in [-0.2, -0.15) is 13.2 Å². The molecule has 2 aromatic rings. The average molecular weight is 258 g/mol. The highest BCUT2D eigenvalue weighted by molar-refractivity contribution is 5.79. The number of para-hydroxylation sites is 1. The summed E-state index contributed by atoms with van der Waals surface area (Å²) in [4.78, 5) is 14.1. The molecule has 0 aliphatic carbocycles. The van der Waals surface area contributed by atoms with Crippen LogP contribution in [0.25, 0.3) is 11.0 Å². The van der Waals surface area contributed by atoms with Gasteiger partial charge in [-0.1, -0.05) is 19.9 Å². The number of rotatable bonds is 2. The van der Waals surface area contributed by atoms with Gasteiger partial charge in [-0.15, -0.1) is 0 Å². The maximum absolute atomic E-state index is 12.9. The molecule has 0 bridgehead atoms. The van der Waals surface area contributed by atoms with E-state index in [1.54, 1.807) is 0 Å². The molecule has 1 heterocycles. The minimum atomic E-state index is -4.47. The van der Waals surface area contributed by atoms with Crippen molar-refractivity contribution in [1.29, 1.82) is 0 Å². The summed E-state index contributed by atoms with van der Waals surface area (Å²) >= 11 is 0. The predicted octanol–water partition coefficient (Wildman–Crippen LogP) is 3.00. The van der Waals surface area contributed by atoms with Gasteiger partial charge in [0.1, 0.15) is 0 Å². The lowest BCUT2D eigenvalue weighted by molar-refractivity contribution is -0.136. The summed E-state index contributed by atoms with van der Waals surface area (Å²) in [6.07, 6.45) is -4.47. The molecule has 0 atom stereocenters. The van der Waals surface area contributed by atoms with Gasteiger partial charge in [-0.05, 0) is 18.1 Å². The molecule has 0 aliphatic heterocycles. The molecular formula is C12H13F3N2O. The van der Waals surface area contributed by atoms with E-state index in [9.17, 15) is 18.0 Å². The second-order valence-corrected chi connectivity index (χ2v) is 4.63. The molecule has 1 N–H and O–H groups in total. The summed E-state index contributed by atoms with van der Waals surface area (Å²) in [5, 5.41) is 0. The monoisotopic (exact) mass is 258 g/mol. The van der Waals surface area contributed by atoms with E-state index in [2.05, 4.69) is 4.98 Å². The number of nitrogens with zero attached hydrogens (tertiary/aromatic N) is 1. The second-order valence-electron chi connectivity index (χ2n) is 4.63. The minimum absolute atomic E-state index is 0.0660. The van der Waals surface area contributed by atoms with Crippen LogP contribution in [0.15, 0.2) is 23.0 Å². The van der Waals surface area contributed by atoms with Crippen LogP contribution in [-0.4, -0.2) is 9.55 Å². The Bertz CT molecular complexity index is 622. The summed E-state index contributed by atoms with van der Waals surface area (Å²) in [5.41, 5.74) is -1.13. The first kappa shape index (κ1) is 12.7. The van der Waals surface area contributed by atoms with E-state index >= 15 is 0 Å². The first-order valence-electron chi connectivity index (χ1n) is 5.59. The molecule has 0 spiro atoms. The zero-order valence-electron chi connectivity index (χ0n) is 10.0. The van der Waals surface area contributed by atoms with Crippen LogP contribution >= 0.6 is 0 Å². The molecule has 0 radical (unpaired) electrons. The molecule has 1 aromatic carbocycles. The van der Waals surface area contributed by atoms with Crippen molar-refractivity contribution >= 4 is 11.0 Å². The van der Waals surface area contributed by atoms with Crippen molar-refractivity contribution in [3.05, 3.63) is 34.2 Å². The van der Waals surface area contributed by atoms with Crippen molar-refractivity contribution in [2.45, 2.75) is 26.6 Å². The predicted molar refractivity (Wildman–Crippen MR) is 62.4 cm³/mol. The van der Waals surface area contributed by atoms with Gasteiger partial charge in [0, 0.05) is 6.54 Å². The number of aromatic nitrogens is 2. The van der Waals surface area contributed by atoms with Crippen LogP contribution in [0.3, 0.4) is 0 Å². The molecule has 1 aromatic heterocycles. The SMILES string of the molecule is CC(C)Cn1c(=O)[nH]c2cccc(C(F)(F)F)c21. The summed E-state index contributed by atoms with van der Waals surface area (Å²) < 4.78 is 39.9. The average Bonchev–Trinajstić information content (AvgIpc) is 2.53. The van der Waals surface area contributed by atoms with E-state index in [-0.39, 0.29) is 23.5 Å². The first-order valence-corrected chi connectivity index (χ1v) is 5.59. The Hall–Kier alpha value is -1.72. The molecule has 2 rings (SSSR count). The smallest absolute Gasteiger partial charge is 0.306 e. The number of H-pyrrole nitrogens is 1. The van der Waals surface area contributed by atoms with Gasteiger partial charge in [-0.3, -0.25) is 4.57 Å². The number of halogens is 3. The Labute approximate surface area is 101 Å². The Morgan fingerprint density at radius 2 is 2.00 bits per heavy atom. The van der Waals surface area contributed by atoms with E-state index in [4.69, 9.17) is 0 Å². The van der Waals surface area contributed by atoms with Crippen molar-refractivity contribution in [1.82, 2.24) is 9.55 Å². The number of hydrogen-bond acceptors (Lipinski definition) is 1. The van der Waals surface area contributed by atoms with Crippen LogP contribution in [0.1, 0.15) is 19.4 Å². The number of nitrogens with one attached hydrogen (secondary N) is 1. The van der Waals surface area contributed by atoms with Crippen molar-refractivity contribution in [3.8, 4) is 0 Å². The van der Waals surface area contributed by atoms with Crippen molar-refractivity contribution in [3.63, 3.8) is 0 Å². The second kappa shape index (κ2) is 4.19. The molecule has 18 heavy (non-hydrogen) atoms. The molecule has 6 heteroatoms. The zero-order chi connectivity index (χ0) is 13.5. The molecule has 0 amide bonds. The topological polar surface area (TPSA) is 37.8 Å². The number of alkyl halides is 3. The zero-order valence-corrected chi connectivity index (χ0v) is 10.0. The van der Waals surface area contributed by atoms with Crippen LogP contribution in [0.4, 0.5) is 13.2 Å². The molecule has 0 fully saturated rings. The summed E-state index contributed by atoms with van der Waals surface area (Å²) in [6.45, 7) is 3.95. The normalized spacial score (nSPS) is 12.6. The lowest BCUT2D eigenvalue weighted by Gasteiger charge is -2.12. The molecule has 3 nitrogen and oxygen atoms in total. The van der Waals surface area contributed by atoms with Gasteiger partial charge in [0.05, 0.1) is 16.6 Å². The van der Waals surface area contributed by atoms with Gasteiger partial charge in [0.15, 0.2) is 0 Å². The van der Waals surface area contributed by atoms with Gasteiger partial charge in [0.2, 0.25) is 0 Å². The molecular weight excluding hydrogens is 245 g/mol. The Morgan fingerprint density at radius 1 is 1.33 bits per heavy atom. The molecule has 0 unspecified atom stereocenters. The third kappa shape index (κ3) is 2.14. The van der Waals surface area contributed by atoms with Gasteiger partial charge >= 0.3 is 11.9 Å². The van der Waals surface area contributed by atoms with Crippen LogP contribution in [0.2, 0.25) is 0 Å². The Morgan fingerprint density at radius 3 is 2.56 bits per heavy atom. The molecule has 0 saturated carbocycles. The van der Waals surface area contributed by atoms with E-state index in [0.717, 1.165) is 10.6 Å². The lowest BCUT2D eigenvalue weighted by atomic mass is 10.1. The first-order chi connectivity index (χ1) is 8.30. The van der Waals surface area contributed by atoms with Gasteiger partial charge in [0.25, 0.3) is 0 Å². The van der Waals surface area contributed by atoms with E-state index in [1.807, 2.05) is 13.8 Å². The Kier molecular flexibility index (Phi) is 2.96. The van der Waals surface area contributed by atoms with Gasteiger partial charge in [-0.25, -0.2) is 4.79 Å². The summed E-state index contributed by atoms with van der Waals surface area (Å²) in [5.74, 6) is 0.0861. The van der Waals surface area contributed by atoms with Crippen LogP contribution < -0.4 is 5.69 Å². The number of fused-ring (bicyclic) bond motifs is 1. The number of imidazole rings is 1. The fraction of sp³-hybridized carbons (Fsp3) is 0.417. The van der Waals surface area contributed by atoms with Crippen LogP contribution in [0.5, 0.6) is 0 Å². The standard InChI is InChI=1S/C12H13F3N2O/c1-7(2)6-17-10-8(12(13,14)15)4-3-5-9(10)16-11(17)18/h3-5,7H,6H2,1-2H3,(H,16,18). The fourth-order valence-corrected chi connectivity index (χ4v) is 1.99. The van der Waals surface area contributed by atoms with Crippen LogP contribution in [0, 0.1) is 5.92 Å². The van der Waals surface area contributed by atoms with Gasteiger partial charge < -0.3 is 4.98 Å². The lowest BCUT2D eigenvalue weighted by Crippen LogP contribution is -2.20. The van der Waals surface area contributed by atoms with Crippen molar-refractivity contribution in [2.75, 3.05) is 0 Å². The number of hydrogen-bond donors (Lipinski definition) is 1. The highest BCUT2D eigenvalue weighted by Crippen LogP contribution is 2.33. The largest absolute Gasteiger partial charge is 0.418 e. The third-order valence-electron chi connectivity index (χ3n) is 2.65. The molecule has 98 valence electrons. The van der Waals surface area contributed by atoms with Crippen molar-refractivity contribution in [2.24, 2.45) is 5.92 Å². The molecule has 0 aliphatic rings. The van der Waals surface area contributed by atoms with E-state index < -0.39 is 17.4 Å². The summed E-state index contributed by atoms with van der Waals surface area (Å²) in [6, 6.07) is 3.76. The Balaban J connectivity index is 2.77. The highest BCUT2D eigenvalue weighted by Gasteiger charge is 2.34. The third-order valence-corrected chi connectivity index (χ3v) is 2.65.